The second-order valence-electron chi connectivity index (χ2n) is 6.84. The topological polar surface area (TPSA) is 87.0 Å². The van der Waals surface area contributed by atoms with E-state index in [0.717, 1.165) is 0 Å². The summed E-state index contributed by atoms with van der Waals surface area (Å²) in [6.07, 6.45) is -2.81. The highest BCUT2D eigenvalue weighted by Crippen LogP contribution is 2.45. The summed E-state index contributed by atoms with van der Waals surface area (Å²) in [5.74, 6) is -1.88. The van der Waals surface area contributed by atoms with Crippen LogP contribution in [0.2, 0.25) is 0 Å². The lowest BCUT2D eigenvalue weighted by molar-refractivity contribution is -0.232. The van der Waals surface area contributed by atoms with Crippen molar-refractivity contribution in [2.24, 2.45) is 0 Å². The average Bonchev–Trinajstić information content (AvgIpc) is 2.91. The number of nitrogens with zero attached hydrogens (tertiary/aromatic N) is 1. The molecule has 0 N–H and O–H groups in total. The van der Waals surface area contributed by atoms with E-state index in [0.29, 0.717) is 0 Å². The molecule has 3 fully saturated rings. The van der Waals surface area contributed by atoms with Gasteiger partial charge in [0, 0.05) is 0 Å². The van der Waals surface area contributed by atoms with E-state index in [2.05, 4.69) is 15.9 Å². The second-order valence-corrected chi connectivity index (χ2v) is 7.82. The van der Waals surface area contributed by atoms with Gasteiger partial charge >= 0.3 is 0 Å². The van der Waals surface area contributed by atoms with Gasteiger partial charge in [0.25, 0.3) is 0 Å². The maximum absolute atomic E-state index is 12.1. The molecule has 3 saturated heterocycles. The first-order valence-electron chi connectivity index (χ1n) is 7.54. The smallest absolute Gasteiger partial charge is 0.190 e. The fraction of sp³-hybridized carbons (Fsp3) is 0.867. The van der Waals surface area contributed by atoms with Crippen LogP contribution in [0.25, 0.3) is 0 Å². The third-order valence-electron chi connectivity index (χ3n) is 4.04. The van der Waals surface area contributed by atoms with Gasteiger partial charge in [0.05, 0.1) is 12.5 Å². The molecule has 3 aliphatic rings. The molecule has 0 spiro atoms. The number of ketones is 1. The quantitative estimate of drug-likeness (QED) is 0.677. The van der Waals surface area contributed by atoms with E-state index in [1.54, 1.807) is 27.7 Å². The highest BCUT2D eigenvalue weighted by molar-refractivity contribution is 9.10. The lowest BCUT2D eigenvalue weighted by Gasteiger charge is -2.38. The van der Waals surface area contributed by atoms with Gasteiger partial charge < -0.3 is 23.7 Å². The predicted molar refractivity (Wildman–Crippen MR) is 80.5 cm³/mol. The van der Waals surface area contributed by atoms with Crippen molar-refractivity contribution in [3.8, 4) is 6.07 Å². The maximum Gasteiger partial charge on any atom is 0.190 e. The SMILES string of the molecule is CC1(C)O[C@@H]2[C@H](O1)[C@H]1OC(C)(C)O[C@H]1O[C@@H]2[C@H](Br)C(=O)CC#N. The number of hydrogen-bond donors (Lipinski definition) is 0. The van der Waals surface area contributed by atoms with Gasteiger partial charge in [-0.2, -0.15) is 5.26 Å². The Balaban J connectivity index is 1.87. The van der Waals surface area contributed by atoms with E-state index < -0.39 is 47.1 Å². The van der Waals surface area contributed by atoms with Crippen LogP contribution in [0.5, 0.6) is 0 Å². The van der Waals surface area contributed by atoms with Crippen LogP contribution < -0.4 is 0 Å². The van der Waals surface area contributed by atoms with Gasteiger partial charge in [0.2, 0.25) is 0 Å². The monoisotopic (exact) mass is 389 g/mol. The fourth-order valence-electron chi connectivity index (χ4n) is 3.24. The van der Waals surface area contributed by atoms with Crippen LogP contribution in [0.15, 0.2) is 0 Å². The van der Waals surface area contributed by atoms with E-state index in [9.17, 15) is 4.79 Å². The lowest BCUT2D eigenvalue weighted by Crippen LogP contribution is -2.58. The summed E-state index contributed by atoms with van der Waals surface area (Å²) in [6.45, 7) is 7.20. The molecule has 0 bridgehead atoms. The molecule has 128 valence electrons. The molecule has 0 radical (unpaired) electrons. The van der Waals surface area contributed by atoms with Gasteiger partial charge in [0.1, 0.15) is 29.2 Å². The molecular formula is C15H20BrNO6. The minimum Gasteiger partial charge on any atom is -0.342 e. The Hall–Kier alpha value is -0.560. The molecular weight excluding hydrogens is 370 g/mol. The highest BCUT2D eigenvalue weighted by atomic mass is 79.9. The van der Waals surface area contributed by atoms with Crippen molar-refractivity contribution >= 4 is 21.7 Å². The van der Waals surface area contributed by atoms with Crippen LogP contribution in [0, 0.1) is 11.3 Å². The van der Waals surface area contributed by atoms with Crippen molar-refractivity contribution in [2.75, 3.05) is 0 Å². The summed E-state index contributed by atoms with van der Waals surface area (Å²) in [5, 5.41) is 8.74. The largest absolute Gasteiger partial charge is 0.342 e. The van der Waals surface area contributed by atoms with Crippen LogP contribution in [0.1, 0.15) is 34.1 Å². The number of carbonyl (C=O) groups is 1. The van der Waals surface area contributed by atoms with Gasteiger partial charge in [-0.1, -0.05) is 15.9 Å². The minimum absolute atomic E-state index is 0.200. The number of halogens is 1. The molecule has 23 heavy (non-hydrogen) atoms. The molecule has 0 aromatic carbocycles. The average molecular weight is 390 g/mol. The summed E-state index contributed by atoms with van der Waals surface area (Å²) >= 11 is 3.35. The van der Waals surface area contributed by atoms with E-state index in [1.807, 2.05) is 6.07 Å². The summed E-state index contributed by atoms with van der Waals surface area (Å²) in [7, 11) is 0. The Morgan fingerprint density at radius 2 is 1.65 bits per heavy atom. The summed E-state index contributed by atoms with van der Waals surface area (Å²) in [4.78, 5) is 11.4. The van der Waals surface area contributed by atoms with Crippen molar-refractivity contribution in [1.82, 2.24) is 0 Å². The molecule has 0 amide bonds. The maximum atomic E-state index is 12.1. The first-order chi connectivity index (χ1) is 10.6. The number of carbonyl (C=O) groups excluding carboxylic acids is 1. The number of alkyl halides is 1. The normalized spacial score (nSPS) is 41.7. The molecule has 3 aliphatic heterocycles. The Morgan fingerprint density at radius 3 is 2.30 bits per heavy atom. The number of ether oxygens (including phenoxy) is 5. The van der Waals surface area contributed by atoms with Crippen LogP contribution in [-0.4, -0.2) is 52.9 Å². The van der Waals surface area contributed by atoms with Crippen molar-refractivity contribution < 1.29 is 28.5 Å². The molecule has 0 aromatic heterocycles. The fourth-order valence-corrected chi connectivity index (χ4v) is 3.82. The second kappa shape index (κ2) is 5.76. The molecule has 0 saturated carbocycles. The lowest BCUT2D eigenvalue weighted by atomic mass is 9.95. The Kier molecular flexibility index (Phi) is 4.32. The van der Waals surface area contributed by atoms with Gasteiger partial charge in [-0.05, 0) is 27.7 Å². The van der Waals surface area contributed by atoms with Crippen molar-refractivity contribution in [1.29, 1.82) is 5.26 Å². The number of Topliss-reactive ketones (excluding diaryl/α,β-unsaturated/α-hetero) is 1. The van der Waals surface area contributed by atoms with Crippen molar-refractivity contribution in [3.05, 3.63) is 0 Å². The number of fused-ring (bicyclic) bond motifs is 3. The van der Waals surface area contributed by atoms with Crippen molar-refractivity contribution in [2.45, 2.75) is 81.2 Å². The van der Waals surface area contributed by atoms with E-state index in [1.165, 1.54) is 0 Å². The molecule has 0 aromatic rings. The molecule has 3 rings (SSSR count). The Bertz CT molecular complexity index is 545. The highest BCUT2D eigenvalue weighted by Gasteiger charge is 2.62. The standard InChI is InChI=1S/C15H20BrNO6/c1-14(2)20-10-9(8(16)7(18)5-6-17)19-13-12(11(10)21-14)22-15(3,4)23-13/h8-13H,5H2,1-4H3/t8-,9-,10+,11+,12-,13-/m1/s1. The zero-order valence-electron chi connectivity index (χ0n) is 13.4. The molecule has 7 nitrogen and oxygen atoms in total. The molecule has 0 unspecified atom stereocenters. The predicted octanol–water partition coefficient (Wildman–Crippen LogP) is 1.63. The van der Waals surface area contributed by atoms with Gasteiger partial charge in [0.15, 0.2) is 23.6 Å². The van der Waals surface area contributed by atoms with Crippen LogP contribution in [-0.2, 0) is 28.5 Å². The zero-order chi connectivity index (χ0) is 17.0. The van der Waals surface area contributed by atoms with E-state index >= 15 is 0 Å². The molecule has 0 aliphatic carbocycles. The third-order valence-corrected chi connectivity index (χ3v) is 5.07. The first-order valence-corrected chi connectivity index (χ1v) is 8.45. The summed E-state index contributed by atoms with van der Waals surface area (Å²) in [6, 6.07) is 1.86. The van der Waals surface area contributed by atoms with E-state index in [-0.39, 0.29) is 12.2 Å². The van der Waals surface area contributed by atoms with Crippen LogP contribution in [0.4, 0.5) is 0 Å². The molecule has 6 atom stereocenters. The summed E-state index contributed by atoms with van der Waals surface area (Å²) in [5.41, 5.74) is 0. The molecule has 3 heterocycles. The third kappa shape index (κ3) is 3.18. The van der Waals surface area contributed by atoms with E-state index in [4.69, 9.17) is 28.9 Å². The van der Waals surface area contributed by atoms with Gasteiger partial charge in [-0.15, -0.1) is 0 Å². The van der Waals surface area contributed by atoms with Gasteiger partial charge in [-0.25, -0.2) is 0 Å². The van der Waals surface area contributed by atoms with Crippen LogP contribution >= 0.6 is 15.9 Å². The van der Waals surface area contributed by atoms with Gasteiger partial charge in [-0.3, -0.25) is 4.79 Å². The minimum atomic E-state index is -0.813. The first kappa shape index (κ1) is 17.3. The van der Waals surface area contributed by atoms with Crippen molar-refractivity contribution in [3.63, 3.8) is 0 Å². The summed E-state index contributed by atoms with van der Waals surface area (Å²) < 4.78 is 29.5. The Labute approximate surface area is 143 Å². The van der Waals surface area contributed by atoms with Crippen LogP contribution in [0.3, 0.4) is 0 Å². The molecule has 8 heteroatoms. The Morgan fingerprint density at radius 1 is 1.09 bits per heavy atom. The number of rotatable bonds is 3. The zero-order valence-corrected chi connectivity index (χ0v) is 15.0. The number of nitriles is 1. The number of hydrogen-bond acceptors (Lipinski definition) is 7.